The molecule has 0 radical (unpaired) electrons. The highest BCUT2D eigenvalue weighted by Gasteiger charge is 2.29. The Morgan fingerprint density at radius 3 is 2.70 bits per heavy atom. The first-order valence-corrected chi connectivity index (χ1v) is 10.4. The smallest absolute Gasteiger partial charge is 0.410 e. The number of carbonyl (C=O) groups is 1. The normalized spacial score (nSPS) is 16.8. The third kappa shape index (κ3) is 4.56. The van der Waals surface area contributed by atoms with Crippen molar-refractivity contribution in [3.8, 4) is 11.3 Å². The van der Waals surface area contributed by atoms with E-state index < -0.39 is 0 Å². The average Bonchev–Trinajstić information content (AvgIpc) is 3.05. The quantitative estimate of drug-likeness (QED) is 0.762. The van der Waals surface area contributed by atoms with Gasteiger partial charge in [-0.2, -0.15) is 0 Å². The molecule has 2 aromatic heterocycles. The molecule has 1 aliphatic heterocycles. The number of amides is 1. The number of nitrogens with zero attached hydrogens (tertiary/aromatic N) is 4. The molecule has 0 unspecified atom stereocenters. The van der Waals surface area contributed by atoms with Crippen LogP contribution < -0.4 is 5.32 Å². The molecule has 1 fully saturated rings. The maximum absolute atomic E-state index is 12.3. The molecule has 2 aromatic rings. The molecule has 9 heteroatoms. The maximum atomic E-state index is 12.3. The number of rotatable bonds is 6. The summed E-state index contributed by atoms with van der Waals surface area (Å²) in [5, 5.41) is 7.49. The number of aryl methyl sites for hydroxylation is 2. The van der Waals surface area contributed by atoms with Gasteiger partial charge in [0, 0.05) is 24.6 Å². The van der Waals surface area contributed by atoms with Crippen molar-refractivity contribution in [2.24, 2.45) is 0 Å². The summed E-state index contributed by atoms with van der Waals surface area (Å²) in [4.78, 5) is 23.6. The molecule has 0 saturated carbocycles. The molecule has 0 aromatic carbocycles. The highest BCUT2D eigenvalue weighted by Crippen LogP contribution is 2.32. The van der Waals surface area contributed by atoms with Crippen LogP contribution in [0.2, 0.25) is 0 Å². The van der Waals surface area contributed by atoms with Crippen molar-refractivity contribution in [3.63, 3.8) is 0 Å². The van der Waals surface area contributed by atoms with Gasteiger partial charge in [0.2, 0.25) is 0 Å². The molecular weight excluding hydrogens is 386 g/mol. The van der Waals surface area contributed by atoms with Crippen LogP contribution in [-0.2, 0) is 9.47 Å². The topological polar surface area (TPSA) is 103 Å². The SMILES string of the molecule is CCOC(=O)N1CCOC[C@H]1CNc1nc(C(C)C)nc(-c2c(C)noc2C)c1C. The molecular formula is C21H31N5O4. The zero-order valence-corrected chi connectivity index (χ0v) is 18.6. The number of carbonyl (C=O) groups excluding carboxylic acids is 1. The first kappa shape index (κ1) is 22.0. The molecule has 3 rings (SSSR count). The Hall–Kier alpha value is -2.68. The van der Waals surface area contributed by atoms with E-state index in [1.807, 2.05) is 20.8 Å². The number of hydrogen-bond donors (Lipinski definition) is 1. The van der Waals surface area contributed by atoms with Crippen molar-refractivity contribution in [1.29, 1.82) is 0 Å². The van der Waals surface area contributed by atoms with Gasteiger partial charge in [0.15, 0.2) is 0 Å². The second-order valence-corrected chi connectivity index (χ2v) is 7.76. The molecule has 3 heterocycles. The summed E-state index contributed by atoms with van der Waals surface area (Å²) in [5.74, 6) is 2.35. The van der Waals surface area contributed by atoms with Gasteiger partial charge in [-0.15, -0.1) is 0 Å². The Morgan fingerprint density at radius 2 is 2.07 bits per heavy atom. The minimum Gasteiger partial charge on any atom is -0.450 e. The molecule has 30 heavy (non-hydrogen) atoms. The second kappa shape index (κ2) is 9.42. The second-order valence-electron chi connectivity index (χ2n) is 7.76. The summed E-state index contributed by atoms with van der Waals surface area (Å²) >= 11 is 0. The minimum atomic E-state index is -0.314. The lowest BCUT2D eigenvalue weighted by atomic mass is 10.0. The summed E-state index contributed by atoms with van der Waals surface area (Å²) in [6.07, 6.45) is -0.314. The Labute approximate surface area is 177 Å². The van der Waals surface area contributed by atoms with Gasteiger partial charge in [-0.1, -0.05) is 19.0 Å². The largest absolute Gasteiger partial charge is 0.450 e. The van der Waals surface area contributed by atoms with Crippen LogP contribution in [0.15, 0.2) is 4.52 Å². The van der Waals surface area contributed by atoms with Crippen LogP contribution in [0.3, 0.4) is 0 Å². The van der Waals surface area contributed by atoms with Gasteiger partial charge in [-0.05, 0) is 27.7 Å². The summed E-state index contributed by atoms with van der Waals surface area (Å²) in [7, 11) is 0. The standard InChI is InChI=1S/C21H31N5O4/c1-7-29-21(27)26-8-9-28-11-16(26)10-22-20-13(4)18(23-19(24-20)12(2)3)17-14(5)25-30-15(17)6/h12,16H,7-11H2,1-6H3,(H,22,23,24)/t16-/m1/s1. The highest BCUT2D eigenvalue weighted by atomic mass is 16.6. The van der Waals surface area contributed by atoms with Gasteiger partial charge in [0.25, 0.3) is 0 Å². The van der Waals surface area contributed by atoms with E-state index in [1.54, 1.807) is 11.8 Å². The van der Waals surface area contributed by atoms with Crippen molar-refractivity contribution in [2.75, 3.05) is 38.2 Å². The number of nitrogens with one attached hydrogen (secondary N) is 1. The van der Waals surface area contributed by atoms with Crippen LogP contribution in [0.4, 0.5) is 10.6 Å². The van der Waals surface area contributed by atoms with E-state index in [4.69, 9.17) is 24.0 Å². The molecule has 1 N–H and O–H groups in total. The van der Waals surface area contributed by atoms with Crippen LogP contribution in [0.5, 0.6) is 0 Å². The van der Waals surface area contributed by atoms with Gasteiger partial charge in [0.05, 0.1) is 42.8 Å². The van der Waals surface area contributed by atoms with Gasteiger partial charge in [0.1, 0.15) is 17.4 Å². The molecule has 0 spiro atoms. The summed E-state index contributed by atoms with van der Waals surface area (Å²) < 4.78 is 16.1. The number of aromatic nitrogens is 3. The molecule has 0 bridgehead atoms. The Bertz CT molecular complexity index is 876. The van der Waals surface area contributed by atoms with Crippen LogP contribution in [0.25, 0.3) is 11.3 Å². The fraction of sp³-hybridized carbons (Fsp3) is 0.619. The monoisotopic (exact) mass is 417 g/mol. The molecule has 1 amide bonds. The number of ether oxygens (including phenoxy) is 2. The number of morpholine rings is 1. The lowest BCUT2D eigenvalue weighted by Crippen LogP contribution is -2.52. The third-order valence-corrected chi connectivity index (χ3v) is 5.18. The van der Waals surface area contributed by atoms with E-state index in [2.05, 4.69) is 24.3 Å². The van der Waals surface area contributed by atoms with Gasteiger partial charge >= 0.3 is 6.09 Å². The summed E-state index contributed by atoms with van der Waals surface area (Å²) in [6, 6.07) is -0.142. The van der Waals surface area contributed by atoms with Crippen molar-refractivity contribution in [1.82, 2.24) is 20.0 Å². The first-order chi connectivity index (χ1) is 14.3. The minimum absolute atomic E-state index is 0.142. The molecule has 1 aliphatic rings. The number of anilines is 1. The van der Waals surface area contributed by atoms with Crippen molar-refractivity contribution >= 4 is 11.9 Å². The zero-order valence-electron chi connectivity index (χ0n) is 18.6. The van der Waals surface area contributed by atoms with Crippen LogP contribution in [-0.4, -0.2) is 65.1 Å². The Balaban J connectivity index is 1.89. The van der Waals surface area contributed by atoms with Crippen LogP contribution in [0.1, 0.15) is 49.5 Å². The fourth-order valence-electron chi connectivity index (χ4n) is 3.51. The van der Waals surface area contributed by atoms with E-state index in [-0.39, 0.29) is 18.1 Å². The van der Waals surface area contributed by atoms with Crippen molar-refractivity contribution in [2.45, 2.75) is 53.5 Å². The fourth-order valence-corrected chi connectivity index (χ4v) is 3.51. The molecule has 0 aliphatic carbocycles. The summed E-state index contributed by atoms with van der Waals surface area (Å²) in [6.45, 7) is 14.0. The predicted octanol–water partition coefficient (Wildman–Crippen LogP) is 3.45. The Kier molecular flexibility index (Phi) is 6.91. The van der Waals surface area contributed by atoms with Gasteiger partial charge < -0.3 is 19.3 Å². The molecule has 9 nitrogen and oxygen atoms in total. The highest BCUT2D eigenvalue weighted by molar-refractivity contribution is 5.71. The lowest BCUT2D eigenvalue weighted by molar-refractivity contribution is -0.00379. The maximum Gasteiger partial charge on any atom is 0.410 e. The van der Waals surface area contributed by atoms with E-state index in [0.29, 0.717) is 32.9 Å². The van der Waals surface area contributed by atoms with E-state index in [0.717, 1.165) is 39.9 Å². The average molecular weight is 418 g/mol. The molecule has 1 atom stereocenters. The van der Waals surface area contributed by atoms with Crippen LogP contribution >= 0.6 is 0 Å². The van der Waals surface area contributed by atoms with E-state index >= 15 is 0 Å². The lowest BCUT2D eigenvalue weighted by Gasteiger charge is -2.35. The van der Waals surface area contributed by atoms with Gasteiger partial charge in [-0.25, -0.2) is 14.8 Å². The third-order valence-electron chi connectivity index (χ3n) is 5.18. The van der Waals surface area contributed by atoms with Crippen LogP contribution in [0, 0.1) is 20.8 Å². The van der Waals surface area contributed by atoms with E-state index in [9.17, 15) is 4.79 Å². The van der Waals surface area contributed by atoms with Gasteiger partial charge in [-0.3, -0.25) is 4.90 Å². The van der Waals surface area contributed by atoms with Crippen molar-refractivity contribution in [3.05, 3.63) is 22.8 Å². The number of hydrogen-bond acceptors (Lipinski definition) is 8. The molecule has 1 saturated heterocycles. The predicted molar refractivity (Wildman–Crippen MR) is 113 cm³/mol. The Morgan fingerprint density at radius 1 is 1.30 bits per heavy atom. The first-order valence-electron chi connectivity index (χ1n) is 10.4. The summed E-state index contributed by atoms with van der Waals surface area (Å²) in [5.41, 5.74) is 3.42. The van der Waals surface area contributed by atoms with E-state index in [1.165, 1.54) is 0 Å². The molecule has 164 valence electrons. The van der Waals surface area contributed by atoms with Crippen molar-refractivity contribution < 1.29 is 18.8 Å². The zero-order chi connectivity index (χ0) is 21.8.